The fraction of sp³-hybridized carbons (Fsp3) is 0.368. The Hall–Kier alpha value is -2.48. The van der Waals surface area contributed by atoms with Crippen molar-refractivity contribution in [3.05, 3.63) is 56.7 Å². The van der Waals surface area contributed by atoms with Gasteiger partial charge in [0.1, 0.15) is 5.69 Å². The molecule has 0 aliphatic carbocycles. The highest BCUT2D eigenvalue weighted by atomic mass is 79.9. The zero-order valence-corrected chi connectivity index (χ0v) is 17.6. The number of halogens is 1. The Balaban J connectivity index is 2.40. The van der Waals surface area contributed by atoms with Crippen molar-refractivity contribution in [2.45, 2.75) is 39.8 Å². The van der Waals surface area contributed by atoms with Crippen molar-refractivity contribution in [1.29, 1.82) is 0 Å². The standard InChI is InChI=1S/C19H23BrN4O3/c1-11(2)24(12(3)4)18(26)14-7-16(19(27)23(5)10-14)22-17(25)13-6-15(20)9-21-8-13/h6-12H,1-5H3,(H,22,25). The number of aryl methyl sites for hydroxylation is 1. The molecule has 0 atom stereocenters. The molecule has 0 saturated carbocycles. The number of nitrogens with one attached hydrogen (secondary N) is 1. The summed E-state index contributed by atoms with van der Waals surface area (Å²) in [6.07, 6.45) is 4.44. The van der Waals surface area contributed by atoms with Crippen LogP contribution in [-0.4, -0.2) is 38.3 Å². The molecule has 0 fully saturated rings. The Morgan fingerprint density at radius 3 is 2.30 bits per heavy atom. The van der Waals surface area contributed by atoms with Gasteiger partial charge < -0.3 is 14.8 Å². The monoisotopic (exact) mass is 434 g/mol. The molecule has 1 N–H and O–H groups in total. The lowest BCUT2D eigenvalue weighted by atomic mass is 10.1. The van der Waals surface area contributed by atoms with Gasteiger partial charge >= 0.3 is 0 Å². The third-order valence-corrected chi connectivity index (χ3v) is 4.43. The summed E-state index contributed by atoms with van der Waals surface area (Å²) in [6, 6.07) is 3.02. The van der Waals surface area contributed by atoms with E-state index in [2.05, 4.69) is 26.2 Å². The first kappa shape index (κ1) is 20.8. The van der Waals surface area contributed by atoms with Gasteiger partial charge in [-0.3, -0.25) is 19.4 Å². The lowest BCUT2D eigenvalue weighted by Gasteiger charge is -2.31. The maximum Gasteiger partial charge on any atom is 0.274 e. The van der Waals surface area contributed by atoms with E-state index < -0.39 is 11.5 Å². The second kappa shape index (κ2) is 8.47. The smallest absolute Gasteiger partial charge is 0.274 e. The van der Waals surface area contributed by atoms with E-state index in [9.17, 15) is 14.4 Å². The van der Waals surface area contributed by atoms with Crippen LogP contribution in [0.5, 0.6) is 0 Å². The Morgan fingerprint density at radius 1 is 1.11 bits per heavy atom. The third kappa shape index (κ3) is 4.82. The van der Waals surface area contributed by atoms with Crippen molar-refractivity contribution in [2.24, 2.45) is 7.05 Å². The van der Waals surface area contributed by atoms with E-state index in [1.54, 1.807) is 24.2 Å². The molecule has 2 rings (SSSR count). The molecule has 0 unspecified atom stereocenters. The molecule has 0 spiro atoms. The van der Waals surface area contributed by atoms with Crippen LogP contribution in [0.2, 0.25) is 0 Å². The zero-order chi connectivity index (χ0) is 20.3. The van der Waals surface area contributed by atoms with Crippen LogP contribution in [-0.2, 0) is 7.05 Å². The topological polar surface area (TPSA) is 84.3 Å². The average Bonchev–Trinajstić information content (AvgIpc) is 2.57. The predicted octanol–water partition coefficient (Wildman–Crippen LogP) is 3.05. The van der Waals surface area contributed by atoms with Gasteiger partial charge in [-0.25, -0.2) is 0 Å². The molecule has 8 heteroatoms. The van der Waals surface area contributed by atoms with Gasteiger partial charge in [-0.05, 0) is 55.8 Å². The summed E-state index contributed by atoms with van der Waals surface area (Å²) < 4.78 is 1.94. The normalized spacial score (nSPS) is 11.0. The molecule has 7 nitrogen and oxygen atoms in total. The third-order valence-electron chi connectivity index (χ3n) is 3.99. The van der Waals surface area contributed by atoms with Gasteiger partial charge in [-0.1, -0.05) is 0 Å². The van der Waals surface area contributed by atoms with Gasteiger partial charge in [0.15, 0.2) is 0 Å². The molecular formula is C19H23BrN4O3. The van der Waals surface area contributed by atoms with Crippen LogP contribution in [0.4, 0.5) is 5.69 Å². The predicted molar refractivity (Wildman–Crippen MR) is 108 cm³/mol. The fourth-order valence-electron chi connectivity index (χ4n) is 2.86. The van der Waals surface area contributed by atoms with Crippen LogP contribution >= 0.6 is 15.9 Å². The molecule has 0 aromatic carbocycles. The molecular weight excluding hydrogens is 412 g/mol. The molecule has 0 radical (unpaired) electrons. The van der Waals surface area contributed by atoms with E-state index >= 15 is 0 Å². The largest absolute Gasteiger partial charge is 0.334 e. The molecule has 2 aromatic rings. The number of amides is 2. The van der Waals surface area contributed by atoms with Gasteiger partial charge in [0.05, 0.1) is 11.1 Å². The van der Waals surface area contributed by atoms with Crippen LogP contribution in [0.15, 0.2) is 40.0 Å². The molecule has 144 valence electrons. The second-order valence-electron chi connectivity index (χ2n) is 6.80. The molecule has 2 aromatic heterocycles. The Labute approximate surface area is 166 Å². The second-order valence-corrected chi connectivity index (χ2v) is 7.72. The number of pyridine rings is 2. The minimum absolute atomic E-state index is 0.000480. The summed E-state index contributed by atoms with van der Waals surface area (Å²) in [4.78, 5) is 43.5. The Morgan fingerprint density at radius 2 is 1.74 bits per heavy atom. The summed E-state index contributed by atoms with van der Waals surface area (Å²) in [5.74, 6) is -0.676. The summed E-state index contributed by atoms with van der Waals surface area (Å²) >= 11 is 3.26. The van der Waals surface area contributed by atoms with Crippen LogP contribution in [0.25, 0.3) is 0 Å². The summed E-state index contributed by atoms with van der Waals surface area (Å²) in [6.45, 7) is 7.73. The van der Waals surface area contributed by atoms with Crippen molar-refractivity contribution < 1.29 is 9.59 Å². The average molecular weight is 435 g/mol. The van der Waals surface area contributed by atoms with Crippen LogP contribution < -0.4 is 10.9 Å². The number of anilines is 1. The minimum atomic E-state index is -0.477. The van der Waals surface area contributed by atoms with Gasteiger partial charge in [-0.15, -0.1) is 0 Å². The van der Waals surface area contributed by atoms with Crippen LogP contribution in [0, 0.1) is 0 Å². The SMILES string of the molecule is CC(C)N(C(=O)c1cc(NC(=O)c2cncc(Br)c2)c(=O)n(C)c1)C(C)C. The summed E-state index contributed by atoms with van der Waals surface area (Å²) in [5.41, 5.74) is 0.278. The van der Waals surface area contributed by atoms with Crippen molar-refractivity contribution >= 4 is 33.4 Å². The van der Waals surface area contributed by atoms with E-state index in [0.29, 0.717) is 15.6 Å². The quantitative estimate of drug-likeness (QED) is 0.783. The van der Waals surface area contributed by atoms with Crippen LogP contribution in [0.1, 0.15) is 48.4 Å². The zero-order valence-electron chi connectivity index (χ0n) is 16.0. The molecule has 2 heterocycles. The van der Waals surface area contributed by atoms with Crippen molar-refractivity contribution in [2.75, 3.05) is 5.32 Å². The number of hydrogen-bond acceptors (Lipinski definition) is 4. The van der Waals surface area contributed by atoms with Gasteiger partial charge in [0.2, 0.25) is 0 Å². The van der Waals surface area contributed by atoms with E-state index in [1.807, 2.05) is 27.7 Å². The molecule has 0 saturated heterocycles. The maximum atomic E-state index is 12.9. The van der Waals surface area contributed by atoms with E-state index in [0.717, 1.165) is 0 Å². The van der Waals surface area contributed by atoms with Gasteiger partial charge in [0.25, 0.3) is 17.4 Å². The number of rotatable bonds is 5. The minimum Gasteiger partial charge on any atom is -0.334 e. The van der Waals surface area contributed by atoms with E-state index in [-0.39, 0.29) is 23.7 Å². The highest BCUT2D eigenvalue weighted by Crippen LogP contribution is 2.15. The lowest BCUT2D eigenvalue weighted by Crippen LogP contribution is -2.42. The first-order chi connectivity index (χ1) is 12.6. The maximum absolute atomic E-state index is 12.9. The highest BCUT2D eigenvalue weighted by Gasteiger charge is 2.23. The first-order valence-electron chi connectivity index (χ1n) is 8.57. The fourth-order valence-corrected chi connectivity index (χ4v) is 3.23. The van der Waals surface area contributed by atoms with Gasteiger partial charge in [-0.2, -0.15) is 0 Å². The lowest BCUT2D eigenvalue weighted by molar-refractivity contribution is 0.0642. The summed E-state index contributed by atoms with van der Waals surface area (Å²) in [7, 11) is 1.55. The summed E-state index contributed by atoms with van der Waals surface area (Å²) in [5, 5.41) is 2.58. The molecule has 2 amide bonds. The molecule has 0 aliphatic heterocycles. The van der Waals surface area contributed by atoms with Crippen molar-refractivity contribution in [1.82, 2.24) is 14.5 Å². The van der Waals surface area contributed by atoms with E-state index in [4.69, 9.17) is 0 Å². The first-order valence-corrected chi connectivity index (χ1v) is 9.36. The Bertz CT molecular complexity index is 913. The number of carbonyl (C=O) groups is 2. The van der Waals surface area contributed by atoms with Crippen LogP contribution in [0.3, 0.4) is 0 Å². The van der Waals surface area contributed by atoms with Gasteiger partial charge in [0, 0.05) is 42.2 Å². The molecule has 0 bridgehead atoms. The molecule has 27 heavy (non-hydrogen) atoms. The molecule has 0 aliphatic rings. The number of hydrogen-bond donors (Lipinski definition) is 1. The Kier molecular flexibility index (Phi) is 6.54. The highest BCUT2D eigenvalue weighted by molar-refractivity contribution is 9.10. The van der Waals surface area contributed by atoms with Crippen molar-refractivity contribution in [3.8, 4) is 0 Å². The number of aromatic nitrogens is 2. The number of nitrogens with zero attached hydrogens (tertiary/aromatic N) is 3. The number of carbonyl (C=O) groups excluding carboxylic acids is 2. The van der Waals surface area contributed by atoms with Crippen molar-refractivity contribution in [3.63, 3.8) is 0 Å². The van der Waals surface area contributed by atoms with E-state index in [1.165, 1.54) is 23.0 Å².